The number of nitrogens with zero attached hydrogens (tertiary/aromatic N) is 2. The lowest BCUT2D eigenvalue weighted by Crippen LogP contribution is -2.45. The summed E-state index contributed by atoms with van der Waals surface area (Å²) in [6, 6.07) is 7.10. The number of primary amides is 1. The molecule has 3 aliphatic rings. The minimum Gasteiger partial charge on any atom is -0.351 e. The Morgan fingerprint density at radius 3 is 2.68 bits per heavy atom. The predicted octanol–water partition coefficient (Wildman–Crippen LogP) is 4.46. The first-order valence-electron chi connectivity index (χ1n) is 9.95. The molecule has 132 valence electrons. The first kappa shape index (κ1) is 15.3. The Labute approximate surface area is 149 Å². The maximum atomic E-state index is 11.9. The second-order valence-electron chi connectivity index (χ2n) is 8.07. The average molecular weight is 337 g/mol. The number of urea groups is 1. The molecule has 1 fully saturated rings. The first-order valence-corrected chi connectivity index (χ1v) is 9.95. The first-order chi connectivity index (χ1) is 12.2. The van der Waals surface area contributed by atoms with Crippen LogP contribution in [0.1, 0.15) is 73.7 Å². The highest BCUT2D eigenvalue weighted by Crippen LogP contribution is 2.43. The molecule has 0 bridgehead atoms. The molecule has 4 heteroatoms. The van der Waals surface area contributed by atoms with Gasteiger partial charge in [-0.3, -0.25) is 0 Å². The van der Waals surface area contributed by atoms with Crippen LogP contribution in [-0.4, -0.2) is 22.0 Å². The maximum absolute atomic E-state index is 11.9. The molecule has 1 aromatic heterocycles. The molecule has 5 rings (SSSR count). The van der Waals surface area contributed by atoms with E-state index in [1.165, 1.54) is 59.8 Å². The van der Waals surface area contributed by atoms with E-state index in [0.29, 0.717) is 0 Å². The van der Waals surface area contributed by atoms with E-state index in [1.807, 2.05) is 4.90 Å². The monoisotopic (exact) mass is 337 g/mol. The number of rotatable bonds is 1. The molecular weight excluding hydrogens is 310 g/mol. The van der Waals surface area contributed by atoms with Gasteiger partial charge in [0.2, 0.25) is 0 Å². The molecular formula is C21H27N3O. The van der Waals surface area contributed by atoms with E-state index in [9.17, 15) is 4.79 Å². The zero-order chi connectivity index (χ0) is 17.0. The van der Waals surface area contributed by atoms with Gasteiger partial charge in [0.25, 0.3) is 0 Å². The Hall–Kier alpha value is -1.97. The van der Waals surface area contributed by atoms with E-state index in [2.05, 4.69) is 22.8 Å². The van der Waals surface area contributed by atoms with E-state index in [4.69, 9.17) is 5.73 Å². The maximum Gasteiger partial charge on any atom is 0.315 e. The number of hydrogen-bond donors (Lipinski definition) is 1. The van der Waals surface area contributed by atoms with Gasteiger partial charge in [0.15, 0.2) is 0 Å². The zero-order valence-corrected chi connectivity index (χ0v) is 14.8. The summed E-state index contributed by atoms with van der Waals surface area (Å²) in [5.74, 6) is 0.740. The highest BCUT2D eigenvalue weighted by Gasteiger charge is 2.36. The van der Waals surface area contributed by atoms with Crippen LogP contribution in [-0.2, 0) is 13.0 Å². The summed E-state index contributed by atoms with van der Waals surface area (Å²) in [6.45, 7) is 1.61. The van der Waals surface area contributed by atoms with Crippen molar-refractivity contribution in [3.05, 3.63) is 35.0 Å². The summed E-state index contributed by atoms with van der Waals surface area (Å²) in [7, 11) is 0. The van der Waals surface area contributed by atoms with Crippen LogP contribution in [0.25, 0.3) is 10.9 Å². The van der Waals surface area contributed by atoms with E-state index >= 15 is 0 Å². The lowest BCUT2D eigenvalue weighted by molar-refractivity contribution is 0.155. The number of aryl methyl sites for hydroxylation is 1. The number of hydrogen-bond acceptors (Lipinski definition) is 1. The molecule has 2 aromatic rings. The van der Waals surface area contributed by atoms with Crippen LogP contribution in [0, 0.1) is 0 Å². The standard InChI is InChI=1S/C21H27N3O/c22-21(25)24-12-11-23-18-10-9-15(14-5-2-1-3-6-14)13-17(18)16-7-4-8-19(24)20(16)23/h9-10,13-14,19H,1-8,11-12H2,(H2,22,25). The average Bonchev–Trinajstić information content (AvgIpc) is 2.98. The summed E-state index contributed by atoms with van der Waals surface area (Å²) in [6.07, 6.45) is 10.1. The summed E-state index contributed by atoms with van der Waals surface area (Å²) in [5, 5.41) is 1.44. The molecule has 1 unspecified atom stereocenters. The molecule has 0 radical (unpaired) electrons. The predicted molar refractivity (Wildman–Crippen MR) is 99.7 cm³/mol. The molecule has 1 saturated carbocycles. The van der Waals surface area contributed by atoms with E-state index < -0.39 is 0 Å². The lowest BCUT2D eigenvalue weighted by Gasteiger charge is -2.38. The summed E-state index contributed by atoms with van der Waals surface area (Å²) in [5.41, 5.74) is 11.4. The Morgan fingerprint density at radius 1 is 1.04 bits per heavy atom. The molecule has 0 saturated heterocycles. The van der Waals surface area contributed by atoms with Gasteiger partial charge in [-0.2, -0.15) is 0 Å². The van der Waals surface area contributed by atoms with Crippen LogP contribution in [0.15, 0.2) is 18.2 Å². The fourth-order valence-electron chi connectivity index (χ4n) is 5.58. The van der Waals surface area contributed by atoms with Crippen molar-refractivity contribution in [2.24, 2.45) is 5.73 Å². The van der Waals surface area contributed by atoms with E-state index in [-0.39, 0.29) is 12.1 Å². The highest BCUT2D eigenvalue weighted by molar-refractivity contribution is 5.87. The molecule has 4 nitrogen and oxygen atoms in total. The Bertz CT molecular complexity index is 831. The molecule has 25 heavy (non-hydrogen) atoms. The zero-order valence-electron chi connectivity index (χ0n) is 14.8. The molecule has 2 amide bonds. The van der Waals surface area contributed by atoms with Gasteiger partial charge in [-0.25, -0.2) is 4.79 Å². The number of benzene rings is 1. The van der Waals surface area contributed by atoms with Crippen LogP contribution in [0.2, 0.25) is 0 Å². The Balaban J connectivity index is 1.64. The number of fused-ring (bicyclic) bond motifs is 3. The van der Waals surface area contributed by atoms with Gasteiger partial charge in [-0.1, -0.05) is 25.3 Å². The van der Waals surface area contributed by atoms with Gasteiger partial charge in [-0.15, -0.1) is 0 Å². The van der Waals surface area contributed by atoms with Crippen molar-refractivity contribution in [2.75, 3.05) is 6.54 Å². The fourth-order valence-corrected chi connectivity index (χ4v) is 5.58. The second-order valence-corrected chi connectivity index (χ2v) is 8.07. The number of nitrogens with two attached hydrogens (primary N) is 1. The number of amides is 2. The second kappa shape index (κ2) is 5.79. The summed E-state index contributed by atoms with van der Waals surface area (Å²) >= 11 is 0. The molecule has 2 aliphatic carbocycles. The van der Waals surface area contributed by atoms with Gasteiger partial charge in [-0.05, 0) is 61.3 Å². The Kier molecular flexibility index (Phi) is 3.54. The van der Waals surface area contributed by atoms with E-state index in [0.717, 1.165) is 38.3 Å². The minimum atomic E-state index is -0.266. The van der Waals surface area contributed by atoms with Crippen LogP contribution >= 0.6 is 0 Å². The van der Waals surface area contributed by atoms with Crippen molar-refractivity contribution in [1.82, 2.24) is 9.47 Å². The topological polar surface area (TPSA) is 51.3 Å². The number of carbonyl (C=O) groups excluding carboxylic acids is 1. The summed E-state index contributed by atoms with van der Waals surface area (Å²) < 4.78 is 2.47. The molecule has 1 aromatic carbocycles. The van der Waals surface area contributed by atoms with E-state index in [1.54, 1.807) is 0 Å². The molecule has 0 spiro atoms. The van der Waals surface area contributed by atoms with Gasteiger partial charge < -0.3 is 15.2 Å². The largest absolute Gasteiger partial charge is 0.351 e. The number of aromatic nitrogens is 1. The third kappa shape index (κ3) is 2.30. The van der Waals surface area contributed by atoms with Crippen molar-refractivity contribution < 1.29 is 4.79 Å². The lowest BCUT2D eigenvalue weighted by atomic mass is 9.83. The van der Waals surface area contributed by atoms with Crippen LogP contribution < -0.4 is 5.73 Å². The molecule has 2 N–H and O–H groups in total. The van der Waals surface area contributed by atoms with Crippen molar-refractivity contribution in [1.29, 1.82) is 0 Å². The Morgan fingerprint density at radius 2 is 1.88 bits per heavy atom. The van der Waals surface area contributed by atoms with Crippen LogP contribution in [0.4, 0.5) is 4.79 Å². The van der Waals surface area contributed by atoms with Crippen molar-refractivity contribution in [3.63, 3.8) is 0 Å². The smallest absolute Gasteiger partial charge is 0.315 e. The van der Waals surface area contributed by atoms with Crippen LogP contribution in [0.3, 0.4) is 0 Å². The molecule has 2 heterocycles. The van der Waals surface area contributed by atoms with Gasteiger partial charge >= 0.3 is 6.03 Å². The van der Waals surface area contributed by atoms with Crippen LogP contribution in [0.5, 0.6) is 0 Å². The quantitative estimate of drug-likeness (QED) is 0.820. The summed E-state index contributed by atoms with van der Waals surface area (Å²) in [4.78, 5) is 13.8. The third-order valence-electron chi connectivity index (χ3n) is 6.76. The van der Waals surface area contributed by atoms with Crippen molar-refractivity contribution in [2.45, 2.75) is 69.9 Å². The van der Waals surface area contributed by atoms with Gasteiger partial charge in [0.1, 0.15) is 0 Å². The molecule has 1 atom stereocenters. The normalized spacial score (nSPS) is 23.7. The number of carbonyl (C=O) groups is 1. The third-order valence-corrected chi connectivity index (χ3v) is 6.76. The molecule has 1 aliphatic heterocycles. The minimum absolute atomic E-state index is 0.181. The van der Waals surface area contributed by atoms with Gasteiger partial charge in [0, 0.05) is 29.7 Å². The van der Waals surface area contributed by atoms with Crippen molar-refractivity contribution in [3.8, 4) is 0 Å². The van der Waals surface area contributed by atoms with Gasteiger partial charge in [0.05, 0.1) is 6.04 Å². The van der Waals surface area contributed by atoms with Crippen molar-refractivity contribution >= 4 is 16.9 Å². The SMILES string of the molecule is NC(=O)N1CCn2c3c(c4cc(C5CCCCC5)ccc42)CCCC31. The fraction of sp³-hybridized carbons (Fsp3) is 0.571. The highest BCUT2D eigenvalue weighted by atomic mass is 16.2.